The maximum absolute atomic E-state index is 2.79. The molecule has 12 aromatic carbocycles. The number of aryl methyl sites for hydroxylation is 6. The Kier molecular flexibility index (Phi) is 12.3. The van der Waals surface area contributed by atoms with Crippen molar-refractivity contribution in [3.05, 3.63) is 257 Å². The molecule has 0 radical (unpaired) electrons. The number of rotatable bonds is 12. The van der Waals surface area contributed by atoms with Crippen LogP contribution in [0.2, 0.25) is 0 Å². The van der Waals surface area contributed by atoms with E-state index in [0.29, 0.717) is 0 Å². The first-order valence-corrected chi connectivity index (χ1v) is 31.2. The third kappa shape index (κ3) is 7.86. The number of benzene rings is 12. The molecule has 0 spiro atoms. The van der Waals surface area contributed by atoms with Gasteiger partial charge in [-0.05, 0) is 204 Å². The first-order chi connectivity index (χ1) is 41.4. The maximum Gasteiger partial charge on any atom is 0.0594 e. The summed E-state index contributed by atoms with van der Waals surface area (Å²) in [4.78, 5) is 5.48. The smallest absolute Gasteiger partial charge is 0.0594 e. The minimum atomic E-state index is 0.132. The van der Waals surface area contributed by atoms with Crippen LogP contribution >= 0.6 is 0 Å². The lowest BCUT2D eigenvalue weighted by Crippen LogP contribution is -2.27. The number of para-hydroxylation sites is 4. The highest BCUT2D eigenvalue weighted by Crippen LogP contribution is 2.53. The quantitative estimate of drug-likeness (QED) is 0.113. The standard InChI is InChI=1S/C80H70N4/c1-5-21-55-47-75(81(71-37-19-27-53-25-9-11-29-59(53)71)57-39-41-65-63-31-13-17-35-73(63)83(77(65)49-57)69-33-15-7-23-51(69)3)67-46-44-62-56(22-6-2)48-76(68-45-43-61(55)79(67)80(62)68)82(72-38-20-28-54-26-10-12-30-60(54)72)58-40-42-66-64-32-14-18-36-74(64)84(78(66)50-58)70-34-16-8-24-52(70)4/h7-9,11,13-18,20,23-25,28-29,31-36,38-50,71H,5-6,10,12,19,21-22,26-27,30,37H2,1-4H3. The molecule has 1 atom stereocenters. The Morgan fingerprint density at radius 2 is 0.893 bits per heavy atom. The van der Waals surface area contributed by atoms with E-state index < -0.39 is 0 Å². The molecule has 0 saturated heterocycles. The molecule has 4 nitrogen and oxygen atoms in total. The fourth-order valence-electron chi connectivity index (χ4n) is 15.7. The fraction of sp³-hybridized carbons (Fsp3) is 0.200. The molecule has 14 aromatic rings. The van der Waals surface area contributed by atoms with Crippen LogP contribution in [0.15, 0.2) is 212 Å². The van der Waals surface area contributed by atoms with Crippen molar-refractivity contribution in [2.24, 2.45) is 0 Å². The molecular weight excluding hydrogens is 1020 g/mol. The Bertz CT molecular complexity index is 4910. The third-order valence-electron chi connectivity index (χ3n) is 19.4. The normalized spacial score (nSPS) is 14.4. The van der Waals surface area contributed by atoms with Gasteiger partial charge < -0.3 is 18.9 Å². The molecule has 0 N–H and O–H groups in total. The minimum Gasteiger partial charge on any atom is -0.333 e. The summed E-state index contributed by atoms with van der Waals surface area (Å²) in [6.07, 6.45) is 12.0. The van der Waals surface area contributed by atoms with E-state index in [9.17, 15) is 0 Å². The molecule has 0 bridgehead atoms. The highest BCUT2D eigenvalue weighted by molar-refractivity contribution is 6.29. The largest absolute Gasteiger partial charge is 0.333 e. The monoisotopic (exact) mass is 1090 g/mol. The van der Waals surface area contributed by atoms with Crippen molar-refractivity contribution in [2.45, 2.75) is 104 Å². The van der Waals surface area contributed by atoms with Crippen molar-refractivity contribution < 1.29 is 0 Å². The first kappa shape index (κ1) is 50.6. The summed E-state index contributed by atoms with van der Waals surface area (Å²) in [5, 5.41) is 13.2. The van der Waals surface area contributed by atoms with Gasteiger partial charge in [-0.2, -0.15) is 0 Å². The molecule has 2 heterocycles. The fourth-order valence-corrected chi connectivity index (χ4v) is 15.7. The zero-order chi connectivity index (χ0) is 56.2. The Balaban J connectivity index is 0.994. The average Bonchev–Trinajstić information content (AvgIpc) is 1.17. The second kappa shape index (κ2) is 20.3. The summed E-state index contributed by atoms with van der Waals surface area (Å²) >= 11 is 0. The van der Waals surface area contributed by atoms with Crippen molar-refractivity contribution >= 4 is 104 Å². The van der Waals surface area contributed by atoms with E-state index in [1.807, 2.05) is 0 Å². The number of nitrogens with zero attached hydrogens (tertiary/aromatic N) is 4. The van der Waals surface area contributed by atoms with Gasteiger partial charge in [0, 0.05) is 66.4 Å². The number of hydrogen-bond acceptors (Lipinski definition) is 2. The zero-order valence-corrected chi connectivity index (χ0v) is 48.9. The van der Waals surface area contributed by atoms with Gasteiger partial charge in [0.15, 0.2) is 0 Å². The van der Waals surface area contributed by atoms with Gasteiger partial charge in [0.25, 0.3) is 0 Å². The van der Waals surface area contributed by atoms with Crippen LogP contribution < -0.4 is 9.80 Å². The van der Waals surface area contributed by atoms with Gasteiger partial charge in [-0.1, -0.05) is 172 Å². The molecule has 0 fully saturated rings. The van der Waals surface area contributed by atoms with Gasteiger partial charge in [0.2, 0.25) is 0 Å². The highest BCUT2D eigenvalue weighted by Gasteiger charge is 2.32. The van der Waals surface area contributed by atoms with Crippen molar-refractivity contribution in [3.63, 3.8) is 0 Å². The third-order valence-corrected chi connectivity index (χ3v) is 19.4. The number of hydrogen-bond donors (Lipinski definition) is 0. The van der Waals surface area contributed by atoms with Crippen LogP contribution in [0.3, 0.4) is 0 Å². The van der Waals surface area contributed by atoms with Crippen LogP contribution in [0.4, 0.5) is 28.4 Å². The van der Waals surface area contributed by atoms with Crippen LogP contribution in [0, 0.1) is 13.8 Å². The van der Waals surface area contributed by atoms with Crippen LogP contribution in [0.5, 0.6) is 0 Å². The Morgan fingerprint density at radius 3 is 1.55 bits per heavy atom. The van der Waals surface area contributed by atoms with Crippen LogP contribution in [-0.2, 0) is 32.1 Å². The number of fused-ring (bicyclic) bond motifs is 8. The van der Waals surface area contributed by atoms with E-state index in [4.69, 9.17) is 0 Å². The van der Waals surface area contributed by atoms with Gasteiger partial charge in [0.05, 0.1) is 33.8 Å². The molecule has 0 saturated carbocycles. The molecule has 0 amide bonds. The molecule has 1 unspecified atom stereocenters. The zero-order valence-electron chi connectivity index (χ0n) is 48.9. The molecule has 4 heteroatoms. The van der Waals surface area contributed by atoms with Gasteiger partial charge in [0.1, 0.15) is 0 Å². The summed E-state index contributed by atoms with van der Waals surface area (Å²) in [6.45, 7) is 9.21. The molecule has 0 aliphatic heterocycles. The summed E-state index contributed by atoms with van der Waals surface area (Å²) in [5.74, 6) is 0. The molecule has 84 heavy (non-hydrogen) atoms. The average molecular weight is 1090 g/mol. The lowest BCUT2D eigenvalue weighted by Gasteiger charge is -2.39. The summed E-state index contributed by atoms with van der Waals surface area (Å²) in [6, 6.07) is 82.3. The number of aromatic nitrogens is 2. The Labute approximate surface area is 493 Å². The topological polar surface area (TPSA) is 16.3 Å². The second-order valence-corrected chi connectivity index (χ2v) is 24.3. The first-order valence-electron chi connectivity index (χ1n) is 31.2. The van der Waals surface area contributed by atoms with Gasteiger partial charge in [-0.25, -0.2) is 0 Å². The predicted octanol–water partition coefficient (Wildman–Crippen LogP) is 21.9. The summed E-state index contributed by atoms with van der Waals surface area (Å²) < 4.78 is 5.04. The van der Waals surface area contributed by atoms with Crippen LogP contribution in [0.1, 0.15) is 103 Å². The van der Waals surface area contributed by atoms with E-state index in [1.54, 1.807) is 0 Å². The van der Waals surface area contributed by atoms with Crippen LogP contribution in [0.25, 0.3) is 87.3 Å². The maximum atomic E-state index is 2.79. The van der Waals surface area contributed by atoms with E-state index in [1.165, 1.54) is 173 Å². The number of anilines is 5. The molecule has 16 rings (SSSR count). The second-order valence-electron chi connectivity index (χ2n) is 24.3. The molecule has 2 aromatic heterocycles. The highest BCUT2D eigenvalue weighted by atomic mass is 15.2. The lowest BCUT2D eigenvalue weighted by molar-refractivity contribution is 0.559. The lowest BCUT2D eigenvalue weighted by atomic mass is 9.84. The summed E-state index contributed by atoms with van der Waals surface area (Å²) in [7, 11) is 0. The van der Waals surface area contributed by atoms with E-state index in [2.05, 4.69) is 259 Å². The molecule has 410 valence electrons. The Morgan fingerprint density at radius 1 is 0.393 bits per heavy atom. The van der Waals surface area contributed by atoms with Gasteiger partial charge >= 0.3 is 0 Å². The SMILES string of the molecule is CCCc1cc(N(c2ccc3c4ccccc4n(-c4ccccc4C)c3c2)c2cccc3c2CCCC3)c2ccc3c(CCC)cc(N(c4ccc5c6ccccc6n(-c6ccccc6C)c5c4)C4CCCc5ccccc54)c4ccc1c2c34. The molecular formula is C80H70N4. The minimum absolute atomic E-state index is 0.132. The van der Waals surface area contributed by atoms with E-state index in [0.717, 1.165) is 57.8 Å². The van der Waals surface area contributed by atoms with E-state index in [-0.39, 0.29) is 6.04 Å². The Hall–Kier alpha value is -9.12. The molecule has 2 aliphatic rings. The van der Waals surface area contributed by atoms with Crippen LogP contribution in [-0.4, -0.2) is 9.13 Å². The van der Waals surface area contributed by atoms with Gasteiger partial charge in [-0.3, -0.25) is 0 Å². The van der Waals surface area contributed by atoms with Crippen molar-refractivity contribution in [3.8, 4) is 11.4 Å². The predicted molar refractivity (Wildman–Crippen MR) is 358 cm³/mol. The molecule has 2 aliphatic carbocycles. The van der Waals surface area contributed by atoms with Crippen molar-refractivity contribution in [2.75, 3.05) is 9.80 Å². The van der Waals surface area contributed by atoms with E-state index >= 15 is 0 Å². The van der Waals surface area contributed by atoms with Gasteiger partial charge in [-0.15, -0.1) is 0 Å². The summed E-state index contributed by atoms with van der Waals surface area (Å²) in [5.41, 5.74) is 24.9. The van der Waals surface area contributed by atoms with Crippen molar-refractivity contribution in [1.29, 1.82) is 0 Å². The van der Waals surface area contributed by atoms with Crippen molar-refractivity contribution in [1.82, 2.24) is 9.13 Å².